The van der Waals surface area contributed by atoms with Crippen LogP contribution in [-0.4, -0.2) is 33.0 Å². The molecule has 0 spiro atoms. The summed E-state index contributed by atoms with van der Waals surface area (Å²) in [6.07, 6.45) is 1.94. The van der Waals surface area contributed by atoms with Gasteiger partial charge in [-0.3, -0.25) is 4.98 Å². The molecule has 0 atom stereocenters. The van der Waals surface area contributed by atoms with Crippen LogP contribution in [0.4, 0.5) is 24.7 Å². The number of pyridine rings is 1. The van der Waals surface area contributed by atoms with Crippen molar-refractivity contribution in [2.45, 2.75) is 6.36 Å². The second-order valence-electron chi connectivity index (χ2n) is 5.96. The normalized spacial score (nSPS) is 11.6. The van der Waals surface area contributed by atoms with Crippen molar-refractivity contribution in [3.05, 3.63) is 67.3 Å². The fourth-order valence-electron chi connectivity index (χ4n) is 2.79. The minimum absolute atomic E-state index is 0.298. The molecule has 0 radical (unpaired) electrons. The first-order valence-corrected chi connectivity index (χ1v) is 8.25. The van der Waals surface area contributed by atoms with E-state index >= 15 is 0 Å². The van der Waals surface area contributed by atoms with Crippen molar-refractivity contribution in [1.29, 1.82) is 0 Å². The van der Waals surface area contributed by atoms with E-state index in [9.17, 15) is 13.2 Å². The van der Waals surface area contributed by atoms with Gasteiger partial charge < -0.3 is 9.64 Å². The molecule has 3 aromatic heterocycles. The van der Waals surface area contributed by atoms with Crippen LogP contribution < -0.4 is 9.64 Å². The van der Waals surface area contributed by atoms with Gasteiger partial charge in [-0.15, -0.1) is 13.2 Å². The van der Waals surface area contributed by atoms with E-state index in [0.717, 1.165) is 5.69 Å². The van der Waals surface area contributed by atoms with E-state index in [1.165, 1.54) is 18.2 Å². The van der Waals surface area contributed by atoms with Crippen molar-refractivity contribution in [3.8, 4) is 16.9 Å². The van der Waals surface area contributed by atoms with E-state index in [0.29, 0.717) is 22.6 Å². The highest BCUT2D eigenvalue weighted by molar-refractivity contribution is 5.78. The molecule has 0 aliphatic carbocycles. The quantitative estimate of drug-likeness (QED) is 0.519. The van der Waals surface area contributed by atoms with Gasteiger partial charge in [-0.05, 0) is 35.9 Å². The number of hydrogen-bond donors (Lipinski definition) is 0. The number of anilines is 2. The first kappa shape index (κ1) is 17.8. The maximum atomic E-state index is 12.5. The number of alkyl halides is 3. The van der Waals surface area contributed by atoms with Crippen LogP contribution in [0.15, 0.2) is 67.3 Å². The topological polar surface area (TPSA) is 55.6 Å². The monoisotopic (exact) mass is 385 g/mol. The molecule has 0 unspecified atom stereocenters. The molecule has 28 heavy (non-hydrogen) atoms. The molecule has 0 aliphatic heterocycles. The van der Waals surface area contributed by atoms with Gasteiger partial charge in [-0.2, -0.15) is 5.10 Å². The molecule has 0 saturated heterocycles. The molecule has 0 amide bonds. The van der Waals surface area contributed by atoms with Crippen LogP contribution in [0.2, 0.25) is 0 Å². The Labute approximate surface area is 157 Å². The molecule has 4 aromatic rings. The van der Waals surface area contributed by atoms with Gasteiger partial charge in [0.15, 0.2) is 5.65 Å². The van der Waals surface area contributed by atoms with Crippen LogP contribution in [-0.2, 0) is 0 Å². The standard InChI is InChI=1S/C19H14F3N5O/c1-26(14-5-3-8-23-11-14)17-7-9-27-18(25-17)16(12-24-27)13-4-2-6-15(10-13)28-19(20,21)22/h2-12H,1H3. The van der Waals surface area contributed by atoms with Crippen molar-refractivity contribution in [3.63, 3.8) is 0 Å². The molecule has 3 heterocycles. The van der Waals surface area contributed by atoms with E-state index < -0.39 is 6.36 Å². The summed E-state index contributed by atoms with van der Waals surface area (Å²) < 4.78 is 43.1. The summed E-state index contributed by atoms with van der Waals surface area (Å²) in [5.41, 5.74) is 2.47. The molecule has 1 aromatic carbocycles. The van der Waals surface area contributed by atoms with Gasteiger partial charge in [0.1, 0.15) is 11.6 Å². The van der Waals surface area contributed by atoms with Crippen LogP contribution in [0, 0.1) is 0 Å². The number of ether oxygens (including phenoxy) is 1. The SMILES string of the molecule is CN(c1cccnc1)c1ccn2ncc(-c3cccc(OC(F)(F)F)c3)c2n1. The Kier molecular flexibility index (Phi) is 4.34. The molecule has 0 bridgehead atoms. The molecule has 0 N–H and O–H groups in total. The Morgan fingerprint density at radius 2 is 1.93 bits per heavy atom. The van der Waals surface area contributed by atoms with Gasteiger partial charge in [0.05, 0.1) is 18.1 Å². The molecule has 0 saturated carbocycles. The van der Waals surface area contributed by atoms with Crippen molar-refractivity contribution < 1.29 is 17.9 Å². The Morgan fingerprint density at radius 1 is 1.07 bits per heavy atom. The summed E-state index contributed by atoms with van der Waals surface area (Å²) in [6.45, 7) is 0. The maximum absolute atomic E-state index is 12.5. The first-order chi connectivity index (χ1) is 13.4. The van der Waals surface area contributed by atoms with Gasteiger partial charge in [0, 0.05) is 25.0 Å². The third kappa shape index (κ3) is 3.59. The molecule has 0 fully saturated rings. The summed E-state index contributed by atoms with van der Waals surface area (Å²) in [5, 5.41) is 4.23. The number of aromatic nitrogens is 4. The van der Waals surface area contributed by atoms with Crippen LogP contribution in [0.3, 0.4) is 0 Å². The lowest BCUT2D eigenvalue weighted by Crippen LogP contribution is -2.17. The molecule has 142 valence electrons. The van der Waals surface area contributed by atoms with Crippen molar-refractivity contribution in [1.82, 2.24) is 19.6 Å². The average Bonchev–Trinajstić information content (AvgIpc) is 3.10. The molecular formula is C19H14F3N5O. The number of nitrogens with zero attached hydrogens (tertiary/aromatic N) is 5. The highest BCUT2D eigenvalue weighted by atomic mass is 19.4. The minimum Gasteiger partial charge on any atom is -0.406 e. The zero-order valence-electron chi connectivity index (χ0n) is 14.6. The number of halogens is 3. The van der Waals surface area contributed by atoms with E-state index in [-0.39, 0.29) is 5.75 Å². The lowest BCUT2D eigenvalue weighted by Gasteiger charge is -2.17. The van der Waals surface area contributed by atoms with Crippen LogP contribution in [0.5, 0.6) is 5.75 Å². The predicted molar refractivity (Wildman–Crippen MR) is 97.4 cm³/mol. The first-order valence-electron chi connectivity index (χ1n) is 8.25. The fourth-order valence-corrected chi connectivity index (χ4v) is 2.79. The van der Waals surface area contributed by atoms with Gasteiger partial charge in [0.2, 0.25) is 0 Å². The summed E-state index contributed by atoms with van der Waals surface area (Å²) >= 11 is 0. The Morgan fingerprint density at radius 3 is 2.68 bits per heavy atom. The number of benzene rings is 1. The lowest BCUT2D eigenvalue weighted by atomic mass is 10.1. The van der Waals surface area contributed by atoms with Crippen molar-refractivity contribution in [2.24, 2.45) is 0 Å². The average molecular weight is 385 g/mol. The van der Waals surface area contributed by atoms with Crippen molar-refractivity contribution >= 4 is 17.2 Å². The second kappa shape index (κ2) is 6.84. The molecule has 9 heteroatoms. The number of fused-ring (bicyclic) bond motifs is 1. The lowest BCUT2D eigenvalue weighted by molar-refractivity contribution is -0.274. The largest absolute Gasteiger partial charge is 0.573 e. The zero-order chi connectivity index (χ0) is 19.7. The molecule has 6 nitrogen and oxygen atoms in total. The fraction of sp³-hybridized carbons (Fsp3) is 0.105. The van der Waals surface area contributed by atoms with E-state index in [1.807, 2.05) is 24.1 Å². The van der Waals surface area contributed by atoms with Gasteiger partial charge in [0.25, 0.3) is 0 Å². The maximum Gasteiger partial charge on any atom is 0.573 e. The van der Waals surface area contributed by atoms with Crippen LogP contribution >= 0.6 is 0 Å². The van der Waals surface area contributed by atoms with Gasteiger partial charge in [-0.1, -0.05) is 12.1 Å². The minimum atomic E-state index is -4.75. The third-order valence-electron chi connectivity index (χ3n) is 4.11. The Balaban J connectivity index is 1.74. The molecular weight excluding hydrogens is 371 g/mol. The highest BCUT2D eigenvalue weighted by Crippen LogP contribution is 2.30. The van der Waals surface area contributed by atoms with E-state index in [1.54, 1.807) is 41.4 Å². The number of rotatable bonds is 4. The van der Waals surface area contributed by atoms with Gasteiger partial charge >= 0.3 is 6.36 Å². The number of hydrogen-bond acceptors (Lipinski definition) is 5. The molecule has 0 aliphatic rings. The van der Waals surface area contributed by atoms with Crippen molar-refractivity contribution in [2.75, 3.05) is 11.9 Å². The van der Waals surface area contributed by atoms with E-state index in [4.69, 9.17) is 0 Å². The summed E-state index contributed by atoms with van der Waals surface area (Å²) in [7, 11) is 1.85. The van der Waals surface area contributed by atoms with Gasteiger partial charge in [-0.25, -0.2) is 9.50 Å². The van der Waals surface area contributed by atoms with Crippen LogP contribution in [0.1, 0.15) is 0 Å². The summed E-state index contributed by atoms with van der Waals surface area (Å²) in [5.74, 6) is 0.345. The van der Waals surface area contributed by atoms with Crippen LogP contribution in [0.25, 0.3) is 16.8 Å². The summed E-state index contributed by atoms with van der Waals surface area (Å²) in [4.78, 5) is 10.6. The third-order valence-corrected chi connectivity index (χ3v) is 4.11. The molecule has 4 rings (SSSR count). The predicted octanol–water partition coefficient (Wildman–Crippen LogP) is 4.46. The zero-order valence-corrected chi connectivity index (χ0v) is 14.6. The van der Waals surface area contributed by atoms with E-state index in [2.05, 4.69) is 19.8 Å². The highest BCUT2D eigenvalue weighted by Gasteiger charge is 2.31. The Hall–Kier alpha value is -3.62. The Bertz CT molecular complexity index is 1110. The smallest absolute Gasteiger partial charge is 0.406 e. The second-order valence-corrected chi connectivity index (χ2v) is 5.96. The summed E-state index contributed by atoms with van der Waals surface area (Å²) in [6, 6.07) is 11.2.